The van der Waals surface area contributed by atoms with Gasteiger partial charge >= 0.3 is 6.03 Å². The van der Waals surface area contributed by atoms with Gasteiger partial charge in [-0.05, 0) is 49.5 Å². The molecule has 1 saturated heterocycles. The predicted octanol–water partition coefficient (Wildman–Crippen LogP) is 3.39. The SMILES string of the molecule is C[C@H](NC(=O)CN1C(=O)NC2(CCC(C(C)(C)C)CC2)C1=O)c1ccccc1. The van der Waals surface area contributed by atoms with Crippen molar-refractivity contribution in [2.24, 2.45) is 11.3 Å². The quantitative estimate of drug-likeness (QED) is 0.780. The Morgan fingerprint density at radius 3 is 2.39 bits per heavy atom. The standard InChI is InChI=1S/C22H31N3O3/c1-15(16-8-6-5-7-9-16)23-18(26)14-25-19(27)22(24-20(25)28)12-10-17(11-13-22)21(2,3)4/h5-9,15,17H,10-14H2,1-4H3,(H,23,26)(H,24,28)/t15-,17?,22?/m0/s1. The number of benzene rings is 1. The zero-order chi connectivity index (χ0) is 20.5. The monoisotopic (exact) mass is 385 g/mol. The van der Waals surface area contributed by atoms with E-state index in [4.69, 9.17) is 0 Å². The van der Waals surface area contributed by atoms with Crippen molar-refractivity contribution in [3.05, 3.63) is 35.9 Å². The number of amides is 4. The minimum Gasteiger partial charge on any atom is -0.348 e. The van der Waals surface area contributed by atoms with Crippen molar-refractivity contribution in [3.8, 4) is 0 Å². The lowest BCUT2D eigenvalue weighted by molar-refractivity contribution is -0.136. The van der Waals surface area contributed by atoms with Gasteiger partial charge in [0, 0.05) is 0 Å². The summed E-state index contributed by atoms with van der Waals surface area (Å²) in [6.07, 6.45) is 3.08. The molecule has 1 aliphatic carbocycles. The zero-order valence-corrected chi connectivity index (χ0v) is 17.2. The van der Waals surface area contributed by atoms with Crippen LogP contribution in [-0.4, -0.2) is 34.8 Å². The molecule has 2 fully saturated rings. The first-order valence-corrected chi connectivity index (χ1v) is 10.1. The highest BCUT2D eigenvalue weighted by Gasteiger charge is 2.53. The van der Waals surface area contributed by atoms with E-state index >= 15 is 0 Å². The van der Waals surface area contributed by atoms with Gasteiger partial charge < -0.3 is 10.6 Å². The van der Waals surface area contributed by atoms with E-state index in [9.17, 15) is 14.4 Å². The van der Waals surface area contributed by atoms with E-state index in [0.717, 1.165) is 23.3 Å². The summed E-state index contributed by atoms with van der Waals surface area (Å²) in [6.45, 7) is 8.29. The Morgan fingerprint density at radius 2 is 1.82 bits per heavy atom. The molecule has 1 heterocycles. The molecule has 1 aromatic rings. The summed E-state index contributed by atoms with van der Waals surface area (Å²) >= 11 is 0. The molecule has 0 aromatic heterocycles. The Bertz CT molecular complexity index is 746. The second kappa shape index (κ2) is 7.57. The lowest BCUT2D eigenvalue weighted by Gasteiger charge is -2.40. The maximum absolute atomic E-state index is 13.0. The van der Waals surface area contributed by atoms with E-state index in [1.54, 1.807) is 0 Å². The van der Waals surface area contributed by atoms with E-state index < -0.39 is 11.6 Å². The average molecular weight is 386 g/mol. The molecule has 1 aromatic carbocycles. The highest BCUT2D eigenvalue weighted by molar-refractivity contribution is 6.09. The van der Waals surface area contributed by atoms with Crippen LogP contribution in [0.15, 0.2) is 30.3 Å². The molecule has 1 saturated carbocycles. The number of nitrogens with zero attached hydrogens (tertiary/aromatic N) is 1. The molecule has 1 spiro atoms. The maximum atomic E-state index is 13.0. The lowest BCUT2D eigenvalue weighted by Crippen LogP contribution is -2.51. The third-order valence-electron chi connectivity index (χ3n) is 6.29. The van der Waals surface area contributed by atoms with Crippen molar-refractivity contribution in [2.45, 2.75) is 65.0 Å². The molecule has 6 nitrogen and oxygen atoms in total. The van der Waals surface area contributed by atoms with Crippen LogP contribution in [0.25, 0.3) is 0 Å². The van der Waals surface area contributed by atoms with Crippen molar-refractivity contribution in [2.75, 3.05) is 6.54 Å². The summed E-state index contributed by atoms with van der Waals surface area (Å²) in [5.74, 6) is -0.0560. The number of imide groups is 1. The van der Waals surface area contributed by atoms with Crippen LogP contribution in [0.2, 0.25) is 0 Å². The van der Waals surface area contributed by atoms with Gasteiger partial charge in [-0.1, -0.05) is 51.1 Å². The molecule has 1 atom stereocenters. The van der Waals surface area contributed by atoms with Gasteiger partial charge in [0.2, 0.25) is 5.91 Å². The Labute approximate surface area is 167 Å². The number of urea groups is 1. The molecule has 2 aliphatic rings. The molecular formula is C22H31N3O3. The summed E-state index contributed by atoms with van der Waals surface area (Å²) in [4.78, 5) is 39.0. The van der Waals surface area contributed by atoms with Gasteiger partial charge in [-0.25, -0.2) is 4.79 Å². The first-order valence-electron chi connectivity index (χ1n) is 10.1. The molecule has 3 rings (SSSR count). The van der Waals surface area contributed by atoms with Crippen molar-refractivity contribution < 1.29 is 14.4 Å². The Balaban J connectivity index is 1.60. The third-order valence-corrected chi connectivity index (χ3v) is 6.29. The van der Waals surface area contributed by atoms with Gasteiger partial charge in [-0.2, -0.15) is 0 Å². The van der Waals surface area contributed by atoms with Crippen molar-refractivity contribution in [1.82, 2.24) is 15.5 Å². The molecule has 152 valence electrons. The fourth-order valence-electron chi connectivity index (χ4n) is 4.39. The highest BCUT2D eigenvalue weighted by Crippen LogP contribution is 2.43. The summed E-state index contributed by atoms with van der Waals surface area (Å²) < 4.78 is 0. The second-order valence-corrected chi connectivity index (χ2v) is 9.24. The van der Waals surface area contributed by atoms with Gasteiger partial charge in [0.1, 0.15) is 12.1 Å². The van der Waals surface area contributed by atoms with Gasteiger partial charge in [0.25, 0.3) is 5.91 Å². The van der Waals surface area contributed by atoms with Crippen molar-refractivity contribution >= 4 is 17.8 Å². The zero-order valence-electron chi connectivity index (χ0n) is 17.2. The fraction of sp³-hybridized carbons (Fsp3) is 0.591. The van der Waals surface area contributed by atoms with E-state index in [2.05, 4.69) is 31.4 Å². The van der Waals surface area contributed by atoms with Gasteiger partial charge in [0.15, 0.2) is 0 Å². The number of nitrogens with one attached hydrogen (secondary N) is 2. The van der Waals surface area contributed by atoms with E-state index in [1.165, 1.54) is 0 Å². The van der Waals surface area contributed by atoms with E-state index in [-0.39, 0.29) is 29.8 Å². The minimum absolute atomic E-state index is 0.189. The molecule has 28 heavy (non-hydrogen) atoms. The summed E-state index contributed by atoms with van der Waals surface area (Å²) in [6, 6.07) is 8.95. The first-order chi connectivity index (χ1) is 13.1. The number of carbonyl (C=O) groups is 3. The largest absolute Gasteiger partial charge is 0.348 e. The molecule has 0 unspecified atom stereocenters. The molecule has 4 amide bonds. The first kappa shape index (κ1) is 20.4. The molecule has 0 radical (unpaired) electrons. The van der Waals surface area contributed by atoms with E-state index in [1.807, 2.05) is 37.3 Å². The number of rotatable bonds is 4. The molecule has 1 aliphatic heterocycles. The maximum Gasteiger partial charge on any atom is 0.325 e. The predicted molar refractivity (Wildman–Crippen MR) is 107 cm³/mol. The van der Waals surface area contributed by atoms with Crippen LogP contribution in [0.3, 0.4) is 0 Å². The minimum atomic E-state index is -0.829. The van der Waals surface area contributed by atoms with Crippen LogP contribution in [-0.2, 0) is 9.59 Å². The molecular weight excluding hydrogens is 354 g/mol. The van der Waals surface area contributed by atoms with E-state index in [0.29, 0.717) is 18.8 Å². The van der Waals surface area contributed by atoms with Crippen LogP contribution in [0, 0.1) is 11.3 Å². The van der Waals surface area contributed by atoms with Crippen LogP contribution in [0.5, 0.6) is 0 Å². The number of hydrogen-bond acceptors (Lipinski definition) is 3. The summed E-state index contributed by atoms with van der Waals surface area (Å²) in [7, 11) is 0. The Hall–Kier alpha value is -2.37. The van der Waals surface area contributed by atoms with Crippen LogP contribution >= 0.6 is 0 Å². The van der Waals surface area contributed by atoms with Crippen molar-refractivity contribution in [1.29, 1.82) is 0 Å². The molecule has 2 N–H and O–H groups in total. The number of carbonyl (C=O) groups excluding carboxylic acids is 3. The molecule has 0 bridgehead atoms. The van der Waals surface area contributed by atoms with Gasteiger partial charge in [0.05, 0.1) is 6.04 Å². The van der Waals surface area contributed by atoms with Crippen LogP contribution in [0.4, 0.5) is 4.79 Å². The molecule has 6 heteroatoms. The summed E-state index contributed by atoms with van der Waals surface area (Å²) in [5, 5.41) is 5.76. The Kier molecular flexibility index (Phi) is 5.50. The number of hydrogen-bond donors (Lipinski definition) is 2. The van der Waals surface area contributed by atoms with Crippen LogP contribution < -0.4 is 10.6 Å². The third kappa shape index (κ3) is 4.05. The smallest absolute Gasteiger partial charge is 0.325 e. The van der Waals surface area contributed by atoms with Gasteiger partial charge in [-0.15, -0.1) is 0 Å². The fourth-order valence-corrected chi connectivity index (χ4v) is 4.39. The highest BCUT2D eigenvalue weighted by atomic mass is 16.2. The second-order valence-electron chi connectivity index (χ2n) is 9.24. The summed E-state index contributed by atoms with van der Waals surface area (Å²) in [5.41, 5.74) is 0.343. The normalized spacial score (nSPS) is 26.3. The lowest BCUT2D eigenvalue weighted by atomic mass is 9.67. The van der Waals surface area contributed by atoms with Gasteiger partial charge in [-0.3, -0.25) is 14.5 Å². The average Bonchev–Trinajstić information content (AvgIpc) is 2.86. The van der Waals surface area contributed by atoms with Crippen molar-refractivity contribution in [3.63, 3.8) is 0 Å². The topological polar surface area (TPSA) is 78.5 Å². The van der Waals surface area contributed by atoms with Crippen LogP contribution in [0.1, 0.15) is 65.0 Å². The Morgan fingerprint density at radius 1 is 1.21 bits per heavy atom.